The van der Waals surface area contributed by atoms with Gasteiger partial charge < -0.3 is 5.11 Å². The summed E-state index contributed by atoms with van der Waals surface area (Å²) in [6, 6.07) is 0. The number of halogens is 1. The number of carbonyl (C=O) groups is 1. The molecule has 22 heavy (non-hydrogen) atoms. The van der Waals surface area contributed by atoms with E-state index in [1.54, 1.807) is 5.57 Å². The van der Waals surface area contributed by atoms with E-state index in [-0.39, 0.29) is 16.9 Å². The normalized spacial score (nSPS) is 47.2. The van der Waals surface area contributed by atoms with Crippen molar-refractivity contribution in [3.8, 4) is 0 Å². The van der Waals surface area contributed by atoms with Gasteiger partial charge in [-0.25, -0.2) is 0 Å². The van der Waals surface area contributed by atoms with Crippen LogP contribution in [0.4, 0.5) is 0 Å². The molecule has 0 aromatic heterocycles. The maximum absolute atomic E-state index is 11.9. The topological polar surface area (TPSA) is 37.3 Å². The molecule has 0 heterocycles. The largest absolute Gasteiger partial charge is 0.393 e. The fourth-order valence-electron chi connectivity index (χ4n) is 5.88. The standard InChI is InChI=1S/C19H25BrO2/c1-18-8-7-16-14(15(18)4-5-17(18)22)3-2-12-10-13(21)6-9-19(12,16)11-20/h7,10,14-15,17,22H,2-6,8-9,11H2,1H3/t14-,15-,17-,18-,19+/m0/s1. The maximum atomic E-state index is 11.9. The van der Waals surface area contributed by atoms with Gasteiger partial charge in [0.15, 0.2) is 5.78 Å². The van der Waals surface area contributed by atoms with Gasteiger partial charge in [-0.2, -0.15) is 0 Å². The Morgan fingerprint density at radius 3 is 2.91 bits per heavy atom. The highest BCUT2D eigenvalue weighted by Gasteiger charge is 2.56. The summed E-state index contributed by atoms with van der Waals surface area (Å²) in [5.74, 6) is 1.54. The summed E-state index contributed by atoms with van der Waals surface area (Å²) in [7, 11) is 0. The van der Waals surface area contributed by atoms with Gasteiger partial charge >= 0.3 is 0 Å². The van der Waals surface area contributed by atoms with Crippen LogP contribution in [-0.2, 0) is 4.79 Å². The molecule has 0 aromatic carbocycles. The average Bonchev–Trinajstić information content (AvgIpc) is 2.82. The van der Waals surface area contributed by atoms with Crippen LogP contribution in [0.2, 0.25) is 0 Å². The predicted molar refractivity (Wildman–Crippen MR) is 90.8 cm³/mol. The summed E-state index contributed by atoms with van der Waals surface area (Å²) in [6.45, 7) is 2.29. The first-order valence-electron chi connectivity index (χ1n) is 8.70. The zero-order valence-corrected chi connectivity index (χ0v) is 14.9. The first kappa shape index (κ1) is 15.1. The number of carbonyl (C=O) groups excluding carboxylic acids is 1. The summed E-state index contributed by atoms with van der Waals surface area (Å²) in [6.07, 6.45) is 11.2. The van der Waals surface area contributed by atoms with Crippen LogP contribution in [-0.4, -0.2) is 22.3 Å². The van der Waals surface area contributed by atoms with E-state index >= 15 is 0 Å². The molecule has 3 heteroatoms. The Hall–Kier alpha value is -0.410. The van der Waals surface area contributed by atoms with Crippen LogP contribution in [0.5, 0.6) is 0 Å². The van der Waals surface area contributed by atoms with Crippen LogP contribution >= 0.6 is 15.9 Å². The molecular weight excluding hydrogens is 340 g/mol. The molecule has 0 bridgehead atoms. The second kappa shape index (κ2) is 5.04. The van der Waals surface area contributed by atoms with E-state index in [0.29, 0.717) is 24.0 Å². The van der Waals surface area contributed by atoms with Crippen molar-refractivity contribution >= 4 is 21.7 Å². The summed E-state index contributed by atoms with van der Waals surface area (Å²) in [5.41, 5.74) is 3.12. The SMILES string of the molecule is C[C@]12CC=C3[C@@H](CCC4=CC(=O)CC[C@@]43CBr)[C@@H]1CC[C@@H]2O. The summed E-state index contributed by atoms with van der Waals surface area (Å²) in [4.78, 5) is 11.9. The quantitative estimate of drug-likeness (QED) is 0.559. The molecule has 1 N–H and O–H groups in total. The average molecular weight is 365 g/mol. The molecule has 0 unspecified atom stereocenters. The van der Waals surface area contributed by atoms with Gasteiger partial charge in [-0.3, -0.25) is 4.79 Å². The summed E-state index contributed by atoms with van der Waals surface area (Å²) >= 11 is 3.78. The lowest BCUT2D eigenvalue weighted by Gasteiger charge is -2.53. The lowest BCUT2D eigenvalue weighted by atomic mass is 9.52. The Kier molecular flexibility index (Phi) is 3.47. The van der Waals surface area contributed by atoms with E-state index in [0.717, 1.165) is 43.9 Å². The van der Waals surface area contributed by atoms with Crippen molar-refractivity contribution in [1.82, 2.24) is 0 Å². The monoisotopic (exact) mass is 364 g/mol. The van der Waals surface area contributed by atoms with Crippen LogP contribution in [0.3, 0.4) is 0 Å². The molecule has 0 aromatic rings. The van der Waals surface area contributed by atoms with Crippen molar-refractivity contribution in [3.63, 3.8) is 0 Å². The van der Waals surface area contributed by atoms with Crippen molar-refractivity contribution in [2.24, 2.45) is 22.7 Å². The third-order valence-electron chi connectivity index (χ3n) is 7.26. The number of hydrogen-bond acceptors (Lipinski definition) is 2. The van der Waals surface area contributed by atoms with Gasteiger partial charge in [-0.15, -0.1) is 0 Å². The highest BCUT2D eigenvalue weighted by atomic mass is 79.9. The maximum Gasteiger partial charge on any atom is 0.155 e. The molecule has 0 spiro atoms. The molecule has 120 valence electrons. The van der Waals surface area contributed by atoms with Gasteiger partial charge in [0.2, 0.25) is 0 Å². The van der Waals surface area contributed by atoms with E-state index in [9.17, 15) is 9.90 Å². The molecule has 0 radical (unpaired) electrons. The number of hydrogen-bond donors (Lipinski definition) is 1. The first-order valence-corrected chi connectivity index (χ1v) is 9.82. The zero-order valence-electron chi connectivity index (χ0n) is 13.3. The van der Waals surface area contributed by atoms with Crippen molar-refractivity contribution < 1.29 is 9.90 Å². The molecule has 0 aliphatic heterocycles. The van der Waals surface area contributed by atoms with Gasteiger partial charge in [-0.05, 0) is 56.4 Å². The van der Waals surface area contributed by atoms with E-state index in [1.165, 1.54) is 5.57 Å². The van der Waals surface area contributed by atoms with Crippen LogP contribution in [0, 0.1) is 22.7 Å². The lowest BCUT2D eigenvalue weighted by Crippen LogP contribution is -2.47. The van der Waals surface area contributed by atoms with E-state index in [1.807, 2.05) is 6.08 Å². The molecule has 2 saturated carbocycles. The van der Waals surface area contributed by atoms with Gasteiger partial charge in [0.1, 0.15) is 0 Å². The van der Waals surface area contributed by atoms with Crippen LogP contribution in [0.15, 0.2) is 23.3 Å². The first-order chi connectivity index (χ1) is 10.5. The van der Waals surface area contributed by atoms with Crippen LogP contribution in [0.25, 0.3) is 0 Å². The Labute approximate surface area is 141 Å². The number of aliphatic hydroxyl groups is 1. The molecule has 0 saturated heterocycles. The number of allylic oxidation sites excluding steroid dienone is 4. The molecule has 2 nitrogen and oxygen atoms in total. The second-order valence-electron chi connectivity index (χ2n) is 8.07. The number of rotatable bonds is 1. The Morgan fingerprint density at radius 2 is 2.14 bits per heavy atom. The molecule has 0 amide bonds. The van der Waals surface area contributed by atoms with Gasteiger partial charge in [0, 0.05) is 22.6 Å². The smallest absolute Gasteiger partial charge is 0.155 e. The minimum absolute atomic E-state index is 0.0768. The molecule has 4 rings (SSSR count). The Bertz CT molecular complexity index is 578. The van der Waals surface area contributed by atoms with Crippen molar-refractivity contribution in [2.45, 2.75) is 58.0 Å². The molecular formula is C19H25BrO2. The van der Waals surface area contributed by atoms with Crippen molar-refractivity contribution in [2.75, 3.05) is 5.33 Å². The zero-order chi connectivity index (χ0) is 15.5. The van der Waals surface area contributed by atoms with Gasteiger partial charge in [-0.1, -0.05) is 40.1 Å². The number of fused-ring (bicyclic) bond motifs is 5. The molecule has 4 aliphatic carbocycles. The summed E-state index contributed by atoms with van der Waals surface area (Å²) in [5, 5.41) is 11.4. The minimum Gasteiger partial charge on any atom is -0.393 e. The fourth-order valence-corrected chi connectivity index (χ4v) is 6.85. The Morgan fingerprint density at radius 1 is 1.32 bits per heavy atom. The minimum atomic E-state index is -0.139. The Balaban J connectivity index is 1.79. The third-order valence-corrected chi connectivity index (χ3v) is 8.22. The van der Waals surface area contributed by atoms with E-state index in [2.05, 4.69) is 28.9 Å². The third kappa shape index (κ3) is 1.84. The van der Waals surface area contributed by atoms with Crippen molar-refractivity contribution in [3.05, 3.63) is 23.3 Å². The number of alkyl halides is 1. The molecule has 4 aliphatic rings. The van der Waals surface area contributed by atoms with Crippen LogP contribution < -0.4 is 0 Å². The van der Waals surface area contributed by atoms with E-state index < -0.39 is 0 Å². The van der Waals surface area contributed by atoms with Gasteiger partial charge in [0.25, 0.3) is 0 Å². The second-order valence-corrected chi connectivity index (χ2v) is 8.63. The molecule has 2 fully saturated rings. The number of ketones is 1. The predicted octanol–water partition coefficient (Wildman–Crippen LogP) is 4.17. The molecule has 5 atom stereocenters. The number of aliphatic hydroxyl groups excluding tert-OH is 1. The van der Waals surface area contributed by atoms with Crippen LogP contribution in [0.1, 0.15) is 51.9 Å². The lowest BCUT2D eigenvalue weighted by molar-refractivity contribution is -0.115. The highest BCUT2D eigenvalue weighted by molar-refractivity contribution is 9.09. The van der Waals surface area contributed by atoms with E-state index in [4.69, 9.17) is 0 Å². The van der Waals surface area contributed by atoms with Crippen molar-refractivity contribution in [1.29, 1.82) is 0 Å². The highest BCUT2D eigenvalue weighted by Crippen LogP contribution is 2.63. The summed E-state index contributed by atoms with van der Waals surface area (Å²) < 4.78 is 0. The fraction of sp³-hybridized carbons (Fsp3) is 0.737. The van der Waals surface area contributed by atoms with Gasteiger partial charge in [0.05, 0.1) is 6.10 Å².